The quantitative estimate of drug-likeness (QED) is 0.213. The van der Waals surface area contributed by atoms with Gasteiger partial charge in [-0.05, 0) is 18.2 Å². The number of ketones is 2. The van der Waals surface area contributed by atoms with Gasteiger partial charge in [0, 0.05) is 36.1 Å². The maximum absolute atomic E-state index is 13.4. The van der Waals surface area contributed by atoms with E-state index in [9.17, 15) is 29.9 Å². The van der Waals surface area contributed by atoms with Gasteiger partial charge in [0.15, 0.2) is 5.78 Å². The van der Waals surface area contributed by atoms with Gasteiger partial charge >= 0.3 is 0 Å². The van der Waals surface area contributed by atoms with Crippen LogP contribution in [0.2, 0.25) is 0 Å². The summed E-state index contributed by atoms with van der Waals surface area (Å²) in [5, 5.41) is 36.8. The highest BCUT2D eigenvalue weighted by atomic mass is 35.5. The van der Waals surface area contributed by atoms with Gasteiger partial charge in [-0.25, -0.2) is 0 Å². The summed E-state index contributed by atoms with van der Waals surface area (Å²) in [7, 11) is 0. The van der Waals surface area contributed by atoms with Crippen LogP contribution in [0.4, 0.5) is 17.1 Å². The number of halogens is 2. The van der Waals surface area contributed by atoms with Gasteiger partial charge in [-0.1, -0.05) is 6.07 Å². The first kappa shape index (κ1) is 23.0. The first-order chi connectivity index (χ1) is 14.8. The molecule has 0 heterocycles. The number of nitrogens with one attached hydrogen (secondary N) is 2. The number of carbonyl (C=O) groups excluding carboxylic acids is 2. The lowest BCUT2D eigenvalue weighted by Gasteiger charge is -2.24. The van der Waals surface area contributed by atoms with Gasteiger partial charge in [-0.15, -0.1) is 23.2 Å². The fraction of sp³-hybridized carbons (Fsp3) is 0.300. The van der Waals surface area contributed by atoms with Crippen LogP contribution in [0, 0.1) is 10.1 Å². The number of nitro benzene ring substituents is 1. The number of nitrogens with zero attached hydrogens (tertiary/aromatic N) is 1. The molecule has 2 atom stereocenters. The largest absolute Gasteiger partial charge is 0.390 e. The molecule has 4 N–H and O–H groups in total. The van der Waals surface area contributed by atoms with Crippen LogP contribution in [0.1, 0.15) is 31.8 Å². The summed E-state index contributed by atoms with van der Waals surface area (Å²) >= 11 is 11.2. The second-order valence-electron chi connectivity index (χ2n) is 6.90. The van der Waals surface area contributed by atoms with Gasteiger partial charge in [0.05, 0.1) is 40.0 Å². The molecule has 3 rings (SSSR count). The van der Waals surface area contributed by atoms with Crippen LogP contribution in [-0.4, -0.2) is 63.8 Å². The molecule has 0 fully saturated rings. The molecule has 0 amide bonds. The Morgan fingerprint density at radius 2 is 1.39 bits per heavy atom. The lowest BCUT2D eigenvalue weighted by atomic mass is 9.81. The molecule has 31 heavy (non-hydrogen) atoms. The fourth-order valence-corrected chi connectivity index (χ4v) is 3.53. The van der Waals surface area contributed by atoms with E-state index in [0.29, 0.717) is 0 Å². The lowest BCUT2D eigenvalue weighted by Crippen LogP contribution is -2.28. The zero-order chi connectivity index (χ0) is 22.7. The van der Waals surface area contributed by atoms with Crippen molar-refractivity contribution in [2.24, 2.45) is 0 Å². The van der Waals surface area contributed by atoms with Crippen molar-refractivity contribution in [1.29, 1.82) is 0 Å². The average Bonchev–Trinajstić information content (AvgIpc) is 2.78. The first-order valence-corrected chi connectivity index (χ1v) is 10.4. The molecule has 2 unspecified atom stereocenters. The van der Waals surface area contributed by atoms with Gasteiger partial charge < -0.3 is 20.8 Å². The van der Waals surface area contributed by atoms with Crippen LogP contribution >= 0.6 is 23.2 Å². The molecule has 2 aromatic rings. The number of alkyl halides is 2. The molecule has 0 saturated heterocycles. The van der Waals surface area contributed by atoms with Crippen molar-refractivity contribution in [3.63, 3.8) is 0 Å². The van der Waals surface area contributed by atoms with Crippen LogP contribution in [-0.2, 0) is 0 Å². The molecule has 0 spiro atoms. The molecule has 0 aliphatic heterocycles. The minimum Gasteiger partial charge on any atom is -0.390 e. The van der Waals surface area contributed by atoms with Crippen molar-refractivity contribution in [2.75, 3.05) is 35.5 Å². The summed E-state index contributed by atoms with van der Waals surface area (Å²) in [6, 6.07) is 6.93. The first-order valence-electron chi connectivity index (χ1n) is 9.29. The maximum atomic E-state index is 13.4. The Bertz CT molecular complexity index is 1050. The van der Waals surface area contributed by atoms with E-state index in [0.717, 1.165) is 6.07 Å². The number of hydrogen-bond acceptors (Lipinski definition) is 8. The van der Waals surface area contributed by atoms with E-state index >= 15 is 0 Å². The molecule has 0 bridgehead atoms. The predicted octanol–water partition coefficient (Wildman–Crippen LogP) is 2.39. The Hall–Kier alpha value is -2.72. The highest BCUT2D eigenvalue weighted by molar-refractivity contribution is 6.33. The molecule has 0 aromatic heterocycles. The summed E-state index contributed by atoms with van der Waals surface area (Å²) in [5.74, 6) is -1.35. The van der Waals surface area contributed by atoms with E-state index < -0.39 is 34.4 Å². The molecule has 0 radical (unpaired) electrons. The van der Waals surface area contributed by atoms with Crippen molar-refractivity contribution in [3.8, 4) is 0 Å². The molecule has 1 aliphatic rings. The van der Waals surface area contributed by atoms with Crippen molar-refractivity contribution in [3.05, 3.63) is 62.7 Å². The number of aliphatic hydroxyl groups excluding tert-OH is 2. The maximum Gasteiger partial charge on any atom is 0.281 e. The number of anilines is 2. The number of carbonyl (C=O) groups is 2. The molecular formula is C20H19Cl2N3O6. The van der Waals surface area contributed by atoms with Gasteiger partial charge in [0.1, 0.15) is 5.56 Å². The lowest BCUT2D eigenvalue weighted by molar-refractivity contribution is -0.385. The zero-order valence-electron chi connectivity index (χ0n) is 16.1. The zero-order valence-corrected chi connectivity index (χ0v) is 17.6. The topological polar surface area (TPSA) is 142 Å². The predicted molar refractivity (Wildman–Crippen MR) is 117 cm³/mol. The third-order valence-electron chi connectivity index (χ3n) is 4.78. The monoisotopic (exact) mass is 467 g/mol. The average molecular weight is 468 g/mol. The van der Waals surface area contributed by atoms with Crippen LogP contribution in [0.5, 0.6) is 0 Å². The summed E-state index contributed by atoms with van der Waals surface area (Å²) in [6.07, 6.45) is -1.80. The summed E-state index contributed by atoms with van der Waals surface area (Å²) in [4.78, 5) is 37.5. The number of fused-ring (bicyclic) bond motifs is 2. The van der Waals surface area contributed by atoms with Crippen molar-refractivity contribution < 1.29 is 24.7 Å². The minimum atomic E-state index is -0.912. The number of benzene rings is 2. The number of hydrogen-bond donors (Lipinski definition) is 4. The Balaban J connectivity index is 2.16. The van der Waals surface area contributed by atoms with Crippen molar-refractivity contribution in [1.82, 2.24) is 0 Å². The Labute approximate surface area is 187 Å². The summed E-state index contributed by atoms with van der Waals surface area (Å²) < 4.78 is 0. The van der Waals surface area contributed by atoms with E-state index in [2.05, 4.69) is 10.6 Å². The van der Waals surface area contributed by atoms with E-state index in [1.165, 1.54) is 18.2 Å². The Morgan fingerprint density at radius 1 is 0.871 bits per heavy atom. The normalized spacial score (nSPS) is 14.5. The molecule has 1 aliphatic carbocycles. The van der Waals surface area contributed by atoms with Crippen molar-refractivity contribution >= 4 is 51.8 Å². The number of aliphatic hydroxyl groups is 2. The van der Waals surface area contributed by atoms with Crippen LogP contribution in [0.25, 0.3) is 0 Å². The Kier molecular flexibility index (Phi) is 7.11. The highest BCUT2D eigenvalue weighted by Crippen LogP contribution is 2.39. The van der Waals surface area contributed by atoms with E-state index in [-0.39, 0.29) is 58.5 Å². The van der Waals surface area contributed by atoms with Gasteiger partial charge in [-0.2, -0.15) is 0 Å². The third-order valence-corrected chi connectivity index (χ3v) is 5.50. The van der Waals surface area contributed by atoms with Gasteiger partial charge in [0.2, 0.25) is 5.78 Å². The van der Waals surface area contributed by atoms with E-state index in [4.69, 9.17) is 23.2 Å². The molecular weight excluding hydrogens is 449 g/mol. The molecule has 11 heteroatoms. The molecule has 9 nitrogen and oxygen atoms in total. The van der Waals surface area contributed by atoms with Crippen LogP contribution < -0.4 is 10.6 Å². The van der Waals surface area contributed by atoms with E-state index in [1.54, 1.807) is 6.07 Å². The van der Waals surface area contributed by atoms with Crippen LogP contribution in [0.15, 0.2) is 30.3 Å². The number of nitro groups is 1. The standard InChI is InChI=1S/C20H19Cl2N3O6/c21-6-10(26)8-23-13-4-5-14(24-9-11(27)7-22)18-17(13)19(28)12-2-1-3-15(25(30)31)16(12)20(18)29/h1-5,10-11,23-24,26-27H,6-9H2. The molecule has 164 valence electrons. The van der Waals surface area contributed by atoms with E-state index in [1.807, 2.05) is 0 Å². The number of rotatable bonds is 9. The van der Waals surface area contributed by atoms with Crippen LogP contribution in [0.3, 0.4) is 0 Å². The molecule has 2 aromatic carbocycles. The van der Waals surface area contributed by atoms with Gasteiger partial charge in [-0.3, -0.25) is 19.7 Å². The second-order valence-corrected chi connectivity index (χ2v) is 7.52. The highest BCUT2D eigenvalue weighted by Gasteiger charge is 2.38. The Morgan fingerprint density at radius 3 is 1.87 bits per heavy atom. The van der Waals surface area contributed by atoms with Gasteiger partial charge in [0.25, 0.3) is 5.69 Å². The SMILES string of the molecule is O=C1c2cccc([N+](=O)[O-])c2C(=O)c2c(NCC(O)CCl)ccc(NCC(O)CCl)c21. The van der Waals surface area contributed by atoms with Crippen molar-refractivity contribution in [2.45, 2.75) is 12.2 Å². The third kappa shape index (κ3) is 4.49. The minimum absolute atomic E-state index is 0.00110. The summed E-state index contributed by atoms with van der Waals surface area (Å²) in [6.45, 7) is 0.0236. The summed E-state index contributed by atoms with van der Waals surface area (Å²) in [5.41, 5.74) is -0.370. The second kappa shape index (κ2) is 9.61. The molecule has 0 saturated carbocycles. The smallest absolute Gasteiger partial charge is 0.281 e. The fourth-order valence-electron chi connectivity index (χ4n) is 3.31.